The molecular weight excluding hydrogens is 440 g/mol. The highest BCUT2D eigenvalue weighted by Gasteiger charge is 2.63. The van der Waals surface area contributed by atoms with Crippen molar-refractivity contribution in [2.75, 3.05) is 24.5 Å². The van der Waals surface area contributed by atoms with Crippen molar-refractivity contribution in [3.05, 3.63) is 29.3 Å². The van der Waals surface area contributed by atoms with E-state index in [1.165, 1.54) is 37.0 Å². The van der Waals surface area contributed by atoms with Crippen LogP contribution in [-0.4, -0.2) is 47.9 Å². The number of nitrogens with zero attached hydrogens (tertiary/aromatic N) is 2. The first-order valence-corrected chi connectivity index (χ1v) is 13.6. The van der Waals surface area contributed by atoms with Crippen LogP contribution in [0.2, 0.25) is 0 Å². The number of rotatable bonds is 1. The minimum Gasteiger partial charge on any atom is -0.465 e. The molecule has 3 unspecified atom stereocenters. The zero-order chi connectivity index (χ0) is 24.8. The molecule has 6 nitrogen and oxygen atoms in total. The van der Waals surface area contributed by atoms with E-state index in [1.807, 2.05) is 17.0 Å². The molecule has 1 aromatic rings. The van der Waals surface area contributed by atoms with Crippen LogP contribution in [0.1, 0.15) is 76.8 Å². The van der Waals surface area contributed by atoms with Crippen LogP contribution < -0.4 is 4.90 Å². The van der Waals surface area contributed by atoms with E-state index < -0.39 is 6.09 Å². The Morgan fingerprint density at radius 1 is 1.06 bits per heavy atom. The van der Waals surface area contributed by atoms with Gasteiger partial charge in [0.2, 0.25) is 0 Å². The topological polar surface area (TPSA) is 70.1 Å². The van der Waals surface area contributed by atoms with Crippen molar-refractivity contribution in [2.45, 2.75) is 84.2 Å². The van der Waals surface area contributed by atoms with Gasteiger partial charge in [0.1, 0.15) is 6.10 Å². The molecule has 5 fully saturated rings. The van der Waals surface area contributed by atoms with Gasteiger partial charge < -0.3 is 14.7 Å². The lowest BCUT2D eigenvalue weighted by Crippen LogP contribution is -2.62. The summed E-state index contributed by atoms with van der Waals surface area (Å²) in [4.78, 5) is 28.9. The molecule has 35 heavy (non-hydrogen) atoms. The van der Waals surface area contributed by atoms with Gasteiger partial charge in [-0.15, -0.1) is 0 Å². The Bertz CT molecular complexity index is 1040. The second kappa shape index (κ2) is 7.63. The second-order valence-corrected chi connectivity index (χ2v) is 13.5. The Morgan fingerprint density at radius 2 is 1.71 bits per heavy atom. The molecule has 1 N–H and O–H groups in total. The Balaban J connectivity index is 1.19. The Morgan fingerprint density at radius 3 is 2.31 bits per heavy atom. The molecule has 0 aromatic heterocycles. The highest BCUT2D eigenvalue weighted by molar-refractivity contribution is 5.90. The molecule has 2 amide bonds. The highest BCUT2D eigenvalue weighted by atomic mass is 16.6. The Labute approximate surface area is 209 Å². The summed E-state index contributed by atoms with van der Waals surface area (Å²) in [5.74, 6) is 2.12. The smallest absolute Gasteiger partial charge is 0.411 e. The Hall–Kier alpha value is -2.24. The van der Waals surface area contributed by atoms with Crippen LogP contribution >= 0.6 is 0 Å². The minimum atomic E-state index is -0.900. The normalized spacial score (nSPS) is 34.9. The fraction of sp³-hybridized carbons (Fsp3) is 0.724. The van der Waals surface area contributed by atoms with Crippen molar-refractivity contribution in [3.63, 3.8) is 0 Å². The van der Waals surface area contributed by atoms with Gasteiger partial charge in [-0.2, -0.15) is 0 Å². The van der Waals surface area contributed by atoms with Gasteiger partial charge in [0.15, 0.2) is 0 Å². The van der Waals surface area contributed by atoms with E-state index in [0.29, 0.717) is 25.6 Å². The zero-order valence-corrected chi connectivity index (χ0v) is 21.7. The van der Waals surface area contributed by atoms with E-state index in [4.69, 9.17) is 4.74 Å². The van der Waals surface area contributed by atoms with Crippen molar-refractivity contribution in [1.29, 1.82) is 0 Å². The van der Waals surface area contributed by atoms with Crippen LogP contribution in [0, 0.1) is 35.5 Å². The number of amides is 2. The minimum absolute atomic E-state index is 0.0241. The van der Waals surface area contributed by atoms with Gasteiger partial charge in [0.05, 0.1) is 5.69 Å². The van der Waals surface area contributed by atoms with Crippen molar-refractivity contribution >= 4 is 17.9 Å². The number of ether oxygens (including phenoxy) is 1. The predicted molar refractivity (Wildman–Crippen MR) is 135 cm³/mol. The summed E-state index contributed by atoms with van der Waals surface area (Å²) in [6.07, 6.45) is 6.72. The lowest BCUT2D eigenvalue weighted by atomic mass is 9.42. The third kappa shape index (κ3) is 3.41. The third-order valence-corrected chi connectivity index (χ3v) is 10.6. The largest absolute Gasteiger partial charge is 0.465 e. The SMILES string of the molecule is Cc1ccc2c(c1)C1(CCN(C(=O)OC3C4CC5CC(C4)CC3(C(C)(C)C)C5)CC1)CN2C(=O)O. The van der Waals surface area contributed by atoms with E-state index in [9.17, 15) is 14.7 Å². The monoisotopic (exact) mass is 480 g/mol. The number of anilines is 1. The van der Waals surface area contributed by atoms with Crippen molar-refractivity contribution in [1.82, 2.24) is 4.90 Å². The molecule has 6 heteroatoms. The molecule has 190 valence electrons. The molecule has 1 spiro atoms. The average molecular weight is 481 g/mol. The molecule has 1 aromatic carbocycles. The molecule has 7 rings (SSSR count). The van der Waals surface area contributed by atoms with Crippen molar-refractivity contribution in [3.8, 4) is 0 Å². The van der Waals surface area contributed by atoms with Crippen LogP contribution in [0.25, 0.3) is 0 Å². The molecule has 2 aliphatic heterocycles. The van der Waals surface area contributed by atoms with Gasteiger partial charge in [-0.3, -0.25) is 4.90 Å². The molecule has 4 aliphatic carbocycles. The summed E-state index contributed by atoms with van der Waals surface area (Å²) >= 11 is 0. The predicted octanol–water partition coefficient (Wildman–Crippen LogP) is 6.20. The number of benzene rings is 1. The van der Waals surface area contributed by atoms with Crippen LogP contribution in [-0.2, 0) is 10.2 Å². The number of hydrogen-bond acceptors (Lipinski definition) is 3. The number of carbonyl (C=O) groups excluding carboxylic acids is 1. The quantitative estimate of drug-likeness (QED) is 0.519. The van der Waals surface area contributed by atoms with Crippen LogP contribution in [0.3, 0.4) is 0 Å². The summed E-state index contributed by atoms with van der Waals surface area (Å²) in [6, 6.07) is 6.07. The fourth-order valence-electron chi connectivity index (χ4n) is 8.92. The number of carboxylic acid groups (broad SMARTS) is 1. The van der Waals surface area contributed by atoms with E-state index >= 15 is 0 Å². The van der Waals surface area contributed by atoms with E-state index in [1.54, 1.807) is 0 Å². The number of hydrogen-bond donors (Lipinski definition) is 1. The molecule has 4 saturated carbocycles. The number of likely N-dealkylation sites (tertiary alicyclic amines) is 1. The van der Waals surface area contributed by atoms with Gasteiger partial charge >= 0.3 is 12.2 Å². The highest BCUT2D eigenvalue weighted by Crippen LogP contribution is 2.66. The fourth-order valence-corrected chi connectivity index (χ4v) is 8.92. The number of aryl methyl sites for hydroxylation is 1. The van der Waals surface area contributed by atoms with Crippen molar-refractivity contribution < 1.29 is 19.4 Å². The van der Waals surface area contributed by atoms with Crippen LogP contribution in [0.4, 0.5) is 15.3 Å². The summed E-state index contributed by atoms with van der Waals surface area (Å²) in [5.41, 5.74) is 3.07. The van der Waals surface area contributed by atoms with E-state index in [0.717, 1.165) is 41.5 Å². The molecule has 0 radical (unpaired) electrons. The summed E-state index contributed by atoms with van der Waals surface area (Å²) in [7, 11) is 0. The first kappa shape index (κ1) is 23.2. The average Bonchev–Trinajstić information content (AvgIpc) is 3.09. The van der Waals surface area contributed by atoms with Gasteiger partial charge in [0.25, 0.3) is 0 Å². The lowest BCUT2D eigenvalue weighted by Gasteiger charge is -2.65. The molecule has 4 bridgehead atoms. The van der Waals surface area contributed by atoms with Crippen LogP contribution in [0.15, 0.2) is 18.2 Å². The molecular formula is C29H40N2O4. The maximum Gasteiger partial charge on any atom is 0.411 e. The van der Waals surface area contributed by atoms with Crippen molar-refractivity contribution in [2.24, 2.45) is 28.6 Å². The third-order valence-electron chi connectivity index (χ3n) is 10.6. The van der Waals surface area contributed by atoms with E-state index in [-0.39, 0.29) is 28.4 Å². The van der Waals surface area contributed by atoms with Gasteiger partial charge in [-0.1, -0.05) is 38.5 Å². The molecule has 2 heterocycles. The first-order valence-electron chi connectivity index (χ1n) is 13.6. The van der Waals surface area contributed by atoms with E-state index in [2.05, 4.69) is 33.8 Å². The summed E-state index contributed by atoms with van der Waals surface area (Å²) in [6.45, 7) is 10.8. The van der Waals surface area contributed by atoms with Gasteiger partial charge in [-0.05, 0) is 86.7 Å². The maximum absolute atomic E-state index is 13.5. The lowest BCUT2D eigenvalue weighted by molar-refractivity contribution is -0.202. The van der Waals surface area contributed by atoms with Gasteiger partial charge in [0, 0.05) is 30.5 Å². The molecule has 6 aliphatic rings. The van der Waals surface area contributed by atoms with Gasteiger partial charge in [-0.25, -0.2) is 9.59 Å². The standard InChI is InChI=1S/C29H40N2O4/c1-18-5-6-23-22(11-18)28(17-31(23)25(32)33)7-9-30(10-8-28)26(34)35-24-21-13-19-12-20(14-21)16-29(24,15-19)27(2,3)4/h5-6,11,19-21,24H,7-10,12-17H2,1-4H3,(H,32,33). The summed E-state index contributed by atoms with van der Waals surface area (Å²) in [5, 5.41) is 9.80. The zero-order valence-electron chi connectivity index (χ0n) is 21.7. The number of fused-ring (bicyclic) bond motifs is 2. The summed E-state index contributed by atoms with van der Waals surface area (Å²) < 4.78 is 6.48. The Kier molecular flexibility index (Phi) is 5.05. The second-order valence-electron chi connectivity index (χ2n) is 13.5. The van der Waals surface area contributed by atoms with Crippen LogP contribution in [0.5, 0.6) is 0 Å². The molecule has 1 saturated heterocycles. The number of piperidine rings is 1. The first-order chi connectivity index (χ1) is 16.5. The molecule has 3 atom stereocenters. The maximum atomic E-state index is 13.5. The number of carbonyl (C=O) groups is 2.